The topological polar surface area (TPSA) is 15.3 Å². The Hall–Kier alpha value is -0.860. The van der Waals surface area contributed by atoms with Crippen molar-refractivity contribution in [1.82, 2.24) is 10.2 Å². The molecule has 0 bridgehead atoms. The van der Waals surface area contributed by atoms with Crippen LogP contribution in [-0.2, 0) is 19.5 Å². The van der Waals surface area contributed by atoms with Crippen LogP contribution in [0.15, 0.2) is 18.2 Å². The lowest BCUT2D eigenvalue weighted by molar-refractivity contribution is 0.402. The molecule has 1 N–H and O–H groups in total. The number of hydrogen-bond acceptors (Lipinski definition) is 2. The molecular formula is C12H18N2. The summed E-state index contributed by atoms with van der Waals surface area (Å²) in [4.78, 5) is 2.21. The van der Waals surface area contributed by atoms with Crippen LogP contribution in [0.1, 0.15) is 16.7 Å². The maximum absolute atomic E-state index is 3.41. The molecule has 0 aromatic heterocycles. The zero-order chi connectivity index (χ0) is 9.97. The second kappa shape index (κ2) is 4.11. The molecule has 2 rings (SSSR count). The van der Waals surface area contributed by atoms with Crippen molar-refractivity contribution in [3.05, 3.63) is 34.9 Å². The SMILES string of the molecule is CN(C)Cc1ccc2c(c1)CNCC2. The summed E-state index contributed by atoms with van der Waals surface area (Å²) in [7, 11) is 4.22. The average molecular weight is 190 g/mol. The average Bonchev–Trinajstić information content (AvgIpc) is 2.17. The van der Waals surface area contributed by atoms with E-state index in [1.165, 1.54) is 23.1 Å². The number of benzene rings is 1. The van der Waals surface area contributed by atoms with Gasteiger partial charge in [0.1, 0.15) is 0 Å². The smallest absolute Gasteiger partial charge is 0.0227 e. The molecule has 0 fully saturated rings. The second-order valence-corrected chi connectivity index (χ2v) is 4.27. The van der Waals surface area contributed by atoms with Gasteiger partial charge in [-0.2, -0.15) is 0 Å². The molecule has 1 aromatic carbocycles. The zero-order valence-electron chi connectivity index (χ0n) is 9.01. The number of nitrogens with one attached hydrogen (secondary N) is 1. The summed E-state index contributed by atoms with van der Waals surface area (Å²) in [5, 5.41) is 3.41. The summed E-state index contributed by atoms with van der Waals surface area (Å²) in [5.74, 6) is 0. The standard InChI is InChI=1S/C12H18N2/c1-14(2)9-10-3-4-11-5-6-13-8-12(11)7-10/h3-4,7,13H,5-6,8-9H2,1-2H3. The van der Waals surface area contributed by atoms with E-state index in [2.05, 4.69) is 42.5 Å². The molecule has 0 unspecified atom stereocenters. The Bertz CT molecular complexity index is 318. The highest BCUT2D eigenvalue weighted by Crippen LogP contribution is 2.16. The minimum absolute atomic E-state index is 1.03. The van der Waals surface area contributed by atoms with E-state index in [0.29, 0.717) is 0 Å². The number of nitrogens with zero attached hydrogens (tertiary/aromatic N) is 1. The summed E-state index contributed by atoms with van der Waals surface area (Å²) >= 11 is 0. The van der Waals surface area contributed by atoms with E-state index >= 15 is 0 Å². The molecule has 76 valence electrons. The van der Waals surface area contributed by atoms with Gasteiger partial charge < -0.3 is 10.2 Å². The summed E-state index contributed by atoms with van der Waals surface area (Å²) in [6.45, 7) is 3.20. The van der Waals surface area contributed by atoms with Crippen LogP contribution in [0.2, 0.25) is 0 Å². The molecule has 1 heterocycles. The molecule has 1 aliphatic rings. The van der Waals surface area contributed by atoms with Crippen LogP contribution in [-0.4, -0.2) is 25.5 Å². The minimum Gasteiger partial charge on any atom is -0.312 e. The van der Waals surface area contributed by atoms with E-state index in [1.807, 2.05) is 0 Å². The van der Waals surface area contributed by atoms with Gasteiger partial charge in [0.2, 0.25) is 0 Å². The van der Waals surface area contributed by atoms with Crippen LogP contribution in [0, 0.1) is 0 Å². The summed E-state index contributed by atoms with van der Waals surface area (Å²) in [6, 6.07) is 6.88. The third kappa shape index (κ3) is 2.14. The van der Waals surface area contributed by atoms with Crippen molar-refractivity contribution in [3.63, 3.8) is 0 Å². The first-order valence-corrected chi connectivity index (χ1v) is 5.22. The Kier molecular flexibility index (Phi) is 2.85. The minimum atomic E-state index is 1.03. The van der Waals surface area contributed by atoms with Crippen molar-refractivity contribution in [2.75, 3.05) is 20.6 Å². The fourth-order valence-corrected chi connectivity index (χ4v) is 2.00. The monoisotopic (exact) mass is 190 g/mol. The van der Waals surface area contributed by atoms with E-state index < -0.39 is 0 Å². The predicted octanol–water partition coefficient (Wildman–Crippen LogP) is 1.39. The van der Waals surface area contributed by atoms with Gasteiger partial charge in [0.15, 0.2) is 0 Å². The third-order valence-corrected chi connectivity index (χ3v) is 2.66. The molecule has 0 radical (unpaired) electrons. The van der Waals surface area contributed by atoms with Gasteiger partial charge >= 0.3 is 0 Å². The number of hydrogen-bond donors (Lipinski definition) is 1. The first-order chi connectivity index (χ1) is 6.75. The maximum Gasteiger partial charge on any atom is 0.0227 e. The lowest BCUT2D eigenvalue weighted by atomic mass is 9.98. The maximum atomic E-state index is 3.41. The molecule has 1 aliphatic heterocycles. The largest absolute Gasteiger partial charge is 0.312 e. The molecule has 0 spiro atoms. The van der Waals surface area contributed by atoms with Gasteiger partial charge in [0, 0.05) is 13.1 Å². The number of fused-ring (bicyclic) bond motifs is 1. The van der Waals surface area contributed by atoms with Gasteiger partial charge in [0.05, 0.1) is 0 Å². The Labute approximate surface area is 85.9 Å². The molecule has 1 aromatic rings. The molecule has 14 heavy (non-hydrogen) atoms. The van der Waals surface area contributed by atoms with E-state index in [0.717, 1.165) is 19.6 Å². The van der Waals surface area contributed by atoms with Crippen LogP contribution in [0.3, 0.4) is 0 Å². The van der Waals surface area contributed by atoms with Crippen LogP contribution in [0.4, 0.5) is 0 Å². The Morgan fingerprint density at radius 1 is 1.29 bits per heavy atom. The Morgan fingerprint density at radius 2 is 2.14 bits per heavy atom. The van der Waals surface area contributed by atoms with Crippen molar-refractivity contribution in [3.8, 4) is 0 Å². The Morgan fingerprint density at radius 3 is 2.93 bits per heavy atom. The van der Waals surface area contributed by atoms with E-state index in [-0.39, 0.29) is 0 Å². The van der Waals surface area contributed by atoms with E-state index in [1.54, 1.807) is 0 Å². The van der Waals surface area contributed by atoms with E-state index in [9.17, 15) is 0 Å². The van der Waals surface area contributed by atoms with Gasteiger partial charge in [-0.3, -0.25) is 0 Å². The Balaban J connectivity index is 2.20. The van der Waals surface area contributed by atoms with Crippen molar-refractivity contribution in [1.29, 1.82) is 0 Å². The molecule has 0 atom stereocenters. The van der Waals surface area contributed by atoms with Gasteiger partial charge in [-0.05, 0) is 43.8 Å². The highest BCUT2D eigenvalue weighted by molar-refractivity contribution is 5.33. The van der Waals surface area contributed by atoms with Crippen molar-refractivity contribution >= 4 is 0 Å². The molecule has 0 aliphatic carbocycles. The van der Waals surface area contributed by atoms with Crippen molar-refractivity contribution in [2.24, 2.45) is 0 Å². The molecule has 0 saturated carbocycles. The molecule has 0 amide bonds. The summed E-state index contributed by atoms with van der Waals surface area (Å²) in [6.07, 6.45) is 1.18. The van der Waals surface area contributed by atoms with Crippen LogP contribution in [0.25, 0.3) is 0 Å². The predicted molar refractivity (Wildman–Crippen MR) is 59.2 cm³/mol. The molecule has 0 saturated heterocycles. The number of rotatable bonds is 2. The lowest BCUT2D eigenvalue weighted by Crippen LogP contribution is -2.23. The van der Waals surface area contributed by atoms with Crippen LogP contribution >= 0.6 is 0 Å². The highest BCUT2D eigenvalue weighted by atomic mass is 15.0. The zero-order valence-corrected chi connectivity index (χ0v) is 9.01. The van der Waals surface area contributed by atoms with Crippen molar-refractivity contribution < 1.29 is 0 Å². The fraction of sp³-hybridized carbons (Fsp3) is 0.500. The van der Waals surface area contributed by atoms with Gasteiger partial charge in [-0.15, -0.1) is 0 Å². The first kappa shape index (κ1) is 9.69. The molecule has 2 nitrogen and oxygen atoms in total. The summed E-state index contributed by atoms with van der Waals surface area (Å²) < 4.78 is 0. The van der Waals surface area contributed by atoms with Gasteiger partial charge in [-0.1, -0.05) is 18.2 Å². The van der Waals surface area contributed by atoms with Crippen molar-refractivity contribution in [2.45, 2.75) is 19.5 Å². The third-order valence-electron chi connectivity index (χ3n) is 2.66. The normalized spacial score (nSPS) is 15.6. The lowest BCUT2D eigenvalue weighted by Gasteiger charge is -2.19. The van der Waals surface area contributed by atoms with E-state index in [4.69, 9.17) is 0 Å². The fourth-order valence-electron chi connectivity index (χ4n) is 2.00. The molecular weight excluding hydrogens is 172 g/mol. The molecule has 2 heteroatoms. The second-order valence-electron chi connectivity index (χ2n) is 4.27. The van der Waals surface area contributed by atoms with Gasteiger partial charge in [0.25, 0.3) is 0 Å². The highest BCUT2D eigenvalue weighted by Gasteiger charge is 2.08. The quantitative estimate of drug-likeness (QED) is 0.758. The van der Waals surface area contributed by atoms with Gasteiger partial charge in [-0.25, -0.2) is 0 Å². The van der Waals surface area contributed by atoms with Crippen LogP contribution in [0.5, 0.6) is 0 Å². The first-order valence-electron chi connectivity index (χ1n) is 5.22. The summed E-state index contributed by atoms with van der Waals surface area (Å²) in [5.41, 5.74) is 4.42. The van der Waals surface area contributed by atoms with Crippen LogP contribution < -0.4 is 5.32 Å².